The molecule has 3 amide bonds. The molecule has 27 heavy (non-hydrogen) atoms. The van der Waals surface area contributed by atoms with Gasteiger partial charge in [-0.2, -0.15) is 0 Å². The summed E-state index contributed by atoms with van der Waals surface area (Å²) in [5.74, 6) is -1.54. The molecule has 1 heterocycles. The zero-order valence-electron chi connectivity index (χ0n) is 15.2. The summed E-state index contributed by atoms with van der Waals surface area (Å²) >= 11 is 0. The quantitative estimate of drug-likeness (QED) is 0.517. The monoisotopic (exact) mass is 373 g/mol. The molecule has 1 aromatic rings. The molecule has 0 aromatic heterocycles. The molecule has 8 heteroatoms. The number of ether oxygens (including phenoxy) is 1. The van der Waals surface area contributed by atoms with Crippen molar-refractivity contribution < 1.29 is 23.9 Å². The molecule has 0 unspecified atom stereocenters. The van der Waals surface area contributed by atoms with Gasteiger partial charge >= 0.3 is 5.97 Å². The van der Waals surface area contributed by atoms with E-state index in [4.69, 9.17) is 4.74 Å². The molecule has 1 aliphatic rings. The Morgan fingerprint density at radius 1 is 1.26 bits per heavy atom. The number of hydrogen-bond acceptors (Lipinski definition) is 5. The molecule has 0 spiro atoms. The molecule has 144 valence electrons. The SMILES string of the molecule is C=CCNC(=O)[C@@H](C)OC(=O)CNC(=O)c1ccc(N2CCCC2=O)cc1. The Hall–Kier alpha value is -3.16. The first-order valence-electron chi connectivity index (χ1n) is 8.69. The van der Waals surface area contributed by atoms with E-state index in [2.05, 4.69) is 17.2 Å². The third-order valence-corrected chi connectivity index (χ3v) is 4.01. The van der Waals surface area contributed by atoms with E-state index in [-0.39, 0.29) is 19.0 Å². The molecule has 0 saturated carbocycles. The van der Waals surface area contributed by atoms with Crippen LogP contribution in [0.25, 0.3) is 0 Å². The Balaban J connectivity index is 1.81. The molecule has 2 rings (SSSR count). The summed E-state index contributed by atoms with van der Waals surface area (Å²) < 4.78 is 4.95. The van der Waals surface area contributed by atoms with Gasteiger partial charge in [-0.1, -0.05) is 6.08 Å². The third kappa shape index (κ3) is 5.67. The van der Waals surface area contributed by atoms with Gasteiger partial charge in [0.25, 0.3) is 11.8 Å². The van der Waals surface area contributed by atoms with Crippen molar-refractivity contribution in [2.45, 2.75) is 25.9 Å². The molecule has 0 aliphatic carbocycles. The van der Waals surface area contributed by atoms with Crippen molar-refractivity contribution in [2.24, 2.45) is 0 Å². The predicted octanol–water partition coefficient (Wildman–Crippen LogP) is 0.777. The lowest BCUT2D eigenvalue weighted by Crippen LogP contribution is -2.38. The Bertz CT molecular complexity index is 729. The first kappa shape index (κ1) is 20.2. The van der Waals surface area contributed by atoms with Crippen molar-refractivity contribution in [3.63, 3.8) is 0 Å². The van der Waals surface area contributed by atoms with E-state index >= 15 is 0 Å². The number of carbonyl (C=O) groups excluding carboxylic acids is 4. The van der Waals surface area contributed by atoms with Gasteiger partial charge < -0.3 is 20.3 Å². The summed E-state index contributed by atoms with van der Waals surface area (Å²) in [4.78, 5) is 48.9. The number of nitrogens with zero attached hydrogens (tertiary/aromatic N) is 1. The summed E-state index contributed by atoms with van der Waals surface area (Å²) in [7, 11) is 0. The van der Waals surface area contributed by atoms with Gasteiger partial charge in [-0.05, 0) is 37.6 Å². The van der Waals surface area contributed by atoms with E-state index in [1.165, 1.54) is 13.0 Å². The maximum absolute atomic E-state index is 12.1. The largest absolute Gasteiger partial charge is 0.451 e. The van der Waals surface area contributed by atoms with Crippen LogP contribution in [0.15, 0.2) is 36.9 Å². The van der Waals surface area contributed by atoms with Gasteiger partial charge in [0.05, 0.1) is 0 Å². The second-order valence-electron chi connectivity index (χ2n) is 6.04. The van der Waals surface area contributed by atoms with Crippen LogP contribution in [-0.2, 0) is 19.1 Å². The van der Waals surface area contributed by atoms with Crippen molar-refractivity contribution in [3.8, 4) is 0 Å². The standard InChI is InChI=1S/C19H23N3O5/c1-3-10-20-18(25)13(2)27-17(24)12-21-19(26)14-6-8-15(9-7-14)22-11-4-5-16(22)23/h3,6-9,13H,1,4-5,10-12H2,2H3,(H,20,25)(H,21,26)/t13-/m1/s1. The van der Waals surface area contributed by atoms with Crippen LogP contribution in [0.5, 0.6) is 0 Å². The zero-order valence-corrected chi connectivity index (χ0v) is 15.2. The summed E-state index contributed by atoms with van der Waals surface area (Å²) in [6.07, 6.45) is 1.91. The Morgan fingerprint density at radius 2 is 1.96 bits per heavy atom. The average Bonchev–Trinajstić information content (AvgIpc) is 3.10. The lowest BCUT2D eigenvalue weighted by Gasteiger charge is -2.16. The van der Waals surface area contributed by atoms with Crippen LogP contribution in [0.3, 0.4) is 0 Å². The maximum atomic E-state index is 12.1. The fourth-order valence-corrected chi connectivity index (χ4v) is 2.58. The van der Waals surface area contributed by atoms with Crippen LogP contribution < -0.4 is 15.5 Å². The lowest BCUT2D eigenvalue weighted by atomic mass is 10.2. The number of esters is 1. The highest BCUT2D eigenvalue weighted by Crippen LogP contribution is 2.21. The minimum absolute atomic E-state index is 0.0706. The van der Waals surface area contributed by atoms with Gasteiger partial charge in [-0.3, -0.25) is 19.2 Å². The number of amides is 3. The highest BCUT2D eigenvalue weighted by molar-refractivity contribution is 5.98. The van der Waals surface area contributed by atoms with Crippen LogP contribution in [0.2, 0.25) is 0 Å². The number of benzene rings is 1. The van der Waals surface area contributed by atoms with Gasteiger partial charge in [0.15, 0.2) is 6.10 Å². The number of rotatable bonds is 8. The van der Waals surface area contributed by atoms with Gasteiger partial charge in [-0.25, -0.2) is 0 Å². The number of hydrogen-bond donors (Lipinski definition) is 2. The van der Waals surface area contributed by atoms with Crippen LogP contribution in [0, 0.1) is 0 Å². The van der Waals surface area contributed by atoms with Crippen molar-refractivity contribution in [1.82, 2.24) is 10.6 Å². The predicted molar refractivity (Wildman–Crippen MR) is 99.1 cm³/mol. The minimum atomic E-state index is -0.966. The second-order valence-corrected chi connectivity index (χ2v) is 6.04. The number of anilines is 1. The van der Waals surface area contributed by atoms with Gasteiger partial charge in [0, 0.05) is 30.8 Å². The molecule has 0 bridgehead atoms. The van der Waals surface area contributed by atoms with E-state index in [9.17, 15) is 19.2 Å². The highest BCUT2D eigenvalue weighted by atomic mass is 16.5. The van der Waals surface area contributed by atoms with Crippen LogP contribution >= 0.6 is 0 Å². The van der Waals surface area contributed by atoms with E-state index in [0.717, 1.165) is 12.1 Å². The van der Waals surface area contributed by atoms with Crippen LogP contribution in [-0.4, -0.2) is 49.4 Å². The average molecular weight is 373 g/mol. The molecule has 1 aromatic carbocycles. The normalized spacial score (nSPS) is 14.4. The summed E-state index contributed by atoms with van der Waals surface area (Å²) in [5.41, 5.74) is 1.10. The minimum Gasteiger partial charge on any atom is -0.451 e. The summed E-state index contributed by atoms with van der Waals surface area (Å²) in [5, 5.41) is 4.95. The molecule has 1 fully saturated rings. The zero-order chi connectivity index (χ0) is 19.8. The number of carbonyl (C=O) groups is 4. The number of nitrogens with one attached hydrogen (secondary N) is 2. The maximum Gasteiger partial charge on any atom is 0.326 e. The van der Waals surface area contributed by atoms with Crippen molar-refractivity contribution in [1.29, 1.82) is 0 Å². The van der Waals surface area contributed by atoms with Crippen molar-refractivity contribution >= 4 is 29.4 Å². The Labute approximate surface area is 157 Å². The van der Waals surface area contributed by atoms with Gasteiger partial charge in [0.2, 0.25) is 5.91 Å². The molecule has 1 saturated heterocycles. The first-order valence-corrected chi connectivity index (χ1v) is 8.69. The summed E-state index contributed by atoms with van der Waals surface area (Å²) in [6.45, 7) is 5.51. The van der Waals surface area contributed by atoms with E-state index < -0.39 is 23.9 Å². The molecule has 8 nitrogen and oxygen atoms in total. The third-order valence-electron chi connectivity index (χ3n) is 4.01. The molecular weight excluding hydrogens is 350 g/mol. The Kier molecular flexibility index (Phi) is 7.10. The van der Waals surface area contributed by atoms with Gasteiger partial charge in [-0.15, -0.1) is 6.58 Å². The van der Waals surface area contributed by atoms with E-state index in [1.807, 2.05) is 0 Å². The Morgan fingerprint density at radius 3 is 2.56 bits per heavy atom. The first-order chi connectivity index (χ1) is 12.9. The smallest absolute Gasteiger partial charge is 0.326 e. The van der Waals surface area contributed by atoms with Crippen LogP contribution in [0.1, 0.15) is 30.1 Å². The lowest BCUT2D eigenvalue weighted by molar-refractivity contribution is -0.153. The van der Waals surface area contributed by atoms with Crippen molar-refractivity contribution in [3.05, 3.63) is 42.5 Å². The van der Waals surface area contributed by atoms with Crippen LogP contribution in [0.4, 0.5) is 5.69 Å². The molecule has 2 N–H and O–H groups in total. The van der Waals surface area contributed by atoms with Gasteiger partial charge in [0.1, 0.15) is 6.54 Å². The second kappa shape index (κ2) is 9.51. The van der Waals surface area contributed by atoms with E-state index in [0.29, 0.717) is 18.5 Å². The fraction of sp³-hybridized carbons (Fsp3) is 0.368. The molecule has 1 atom stereocenters. The molecule has 0 radical (unpaired) electrons. The molecular formula is C19H23N3O5. The topological polar surface area (TPSA) is 105 Å². The molecule has 1 aliphatic heterocycles. The summed E-state index contributed by atoms with van der Waals surface area (Å²) in [6, 6.07) is 6.57. The van der Waals surface area contributed by atoms with Crippen molar-refractivity contribution in [2.75, 3.05) is 24.5 Å². The highest BCUT2D eigenvalue weighted by Gasteiger charge is 2.22. The fourth-order valence-electron chi connectivity index (χ4n) is 2.58. The van der Waals surface area contributed by atoms with E-state index in [1.54, 1.807) is 29.2 Å².